The van der Waals surface area contributed by atoms with Crippen LogP contribution in [0.3, 0.4) is 0 Å². The molecule has 0 aliphatic carbocycles. The van der Waals surface area contributed by atoms with Gasteiger partial charge in [-0.25, -0.2) is 0 Å². The van der Waals surface area contributed by atoms with Gasteiger partial charge >= 0.3 is 0 Å². The van der Waals surface area contributed by atoms with Gasteiger partial charge in [0.2, 0.25) is 5.91 Å². The number of carbonyl (C=O) groups excluding carboxylic acids is 2. The molecule has 3 nitrogen and oxygen atoms in total. The number of nitrogens with one attached hydrogen (secondary N) is 1. The first kappa shape index (κ1) is 19.9. The fourth-order valence-corrected chi connectivity index (χ4v) is 2.55. The smallest absolute Gasteiger partial charge is 0.219 e. The molecular weight excluding hydrogens is 365 g/mol. The highest BCUT2D eigenvalue weighted by Gasteiger charge is 1.98. The molecule has 0 saturated carbocycles. The van der Waals surface area contributed by atoms with Crippen LogP contribution in [0.25, 0.3) is 0 Å². The van der Waals surface area contributed by atoms with Crippen LogP contribution in [0.4, 0.5) is 0 Å². The second-order valence-electron chi connectivity index (χ2n) is 5.39. The zero-order valence-corrected chi connectivity index (χ0v) is 15.0. The molecule has 1 N–H and O–H groups in total. The Morgan fingerprint density at radius 3 is 1.80 bits per heavy atom. The summed E-state index contributed by atoms with van der Waals surface area (Å²) in [5, 5.41) is 2.95. The van der Waals surface area contributed by atoms with Gasteiger partial charge in [-0.3, -0.25) is 9.59 Å². The average Bonchev–Trinajstić information content (AvgIpc) is 2.40. The molecule has 0 heterocycles. The monoisotopic (exact) mass is 395 g/mol. The molecule has 0 radical (unpaired) electrons. The minimum absolute atomic E-state index is 0.192. The van der Waals surface area contributed by atoms with E-state index in [9.17, 15) is 9.59 Å². The first-order chi connectivity index (χ1) is 9.66. The highest BCUT2D eigenvalue weighted by atomic mass is 127. The van der Waals surface area contributed by atoms with Crippen molar-refractivity contribution in [3.63, 3.8) is 0 Å². The van der Waals surface area contributed by atoms with Crippen molar-refractivity contribution in [1.82, 2.24) is 5.32 Å². The molecule has 0 rings (SSSR count). The van der Waals surface area contributed by atoms with E-state index in [1.165, 1.54) is 44.9 Å². The average molecular weight is 395 g/mol. The van der Waals surface area contributed by atoms with Crippen molar-refractivity contribution in [2.45, 2.75) is 84.0 Å². The Balaban J connectivity index is 3.06. The van der Waals surface area contributed by atoms with E-state index in [-0.39, 0.29) is 9.70 Å². The van der Waals surface area contributed by atoms with Gasteiger partial charge in [0.1, 0.15) is 0 Å². The third-order valence-electron chi connectivity index (χ3n) is 3.35. The van der Waals surface area contributed by atoms with Crippen LogP contribution in [0.5, 0.6) is 0 Å². The van der Waals surface area contributed by atoms with Crippen LogP contribution in [-0.2, 0) is 9.59 Å². The van der Waals surface area contributed by atoms with Gasteiger partial charge in [-0.05, 0) is 41.9 Å². The fourth-order valence-electron chi connectivity index (χ4n) is 2.17. The maximum Gasteiger partial charge on any atom is 0.219 e. The van der Waals surface area contributed by atoms with Crippen LogP contribution in [-0.4, -0.2) is 16.2 Å². The van der Waals surface area contributed by atoms with E-state index in [0.29, 0.717) is 6.42 Å². The van der Waals surface area contributed by atoms with Gasteiger partial charge in [0.05, 0.1) is 0 Å². The van der Waals surface area contributed by atoms with Gasteiger partial charge < -0.3 is 5.32 Å². The molecule has 1 amide bonds. The van der Waals surface area contributed by atoms with Crippen molar-refractivity contribution in [2.24, 2.45) is 0 Å². The Morgan fingerprint density at radius 2 is 1.30 bits per heavy atom. The van der Waals surface area contributed by atoms with E-state index >= 15 is 0 Å². The Kier molecular flexibility index (Phi) is 15.2. The zero-order chi connectivity index (χ0) is 15.1. The van der Waals surface area contributed by atoms with E-state index in [2.05, 4.69) is 5.32 Å². The number of halogens is 1. The summed E-state index contributed by atoms with van der Waals surface area (Å²) >= 11 is 1.88. The Bertz CT molecular complexity index is 257. The van der Waals surface area contributed by atoms with Gasteiger partial charge in [0.15, 0.2) is 3.79 Å². The zero-order valence-electron chi connectivity index (χ0n) is 12.9. The molecule has 0 aromatic carbocycles. The van der Waals surface area contributed by atoms with E-state index < -0.39 is 0 Å². The first-order valence-corrected chi connectivity index (χ1v) is 9.19. The molecule has 0 aromatic rings. The van der Waals surface area contributed by atoms with Crippen molar-refractivity contribution in [3.8, 4) is 0 Å². The number of carbonyl (C=O) groups is 2. The second kappa shape index (κ2) is 15.3. The van der Waals surface area contributed by atoms with E-state index in [1.54, 1.807) is 0 Å². The largest absolute Gasteiger partial charge is 0.356 e. The quantitative estimate of drug-likeness (QED) is 0.262. The summed E-state index contributed by atoms with van der Waals surface area (Å²) in [5.74, 6) is 0.192. The lowest BCUT2D eigenvalue weighted by Gasteiger charge is -2.04. The summed E-state index contributed by atoms with van der Waals surface area (Å²) < 4.78 is 0.286. The molecular formula is C16H30INO2. The highest BCUT2D eigenvalue weighted by Crippen LogP contribution is 2.11. The lowest BCUT2D eigenvalue weighted by Crippen LogP contribution is -2.23. The van der Waals surface area contributed by atoms with Gasteiger partial charge in [0.25, 0.3) is 0 Å². The number of hydrogen-bond donors (Lipinski definition) is 1. The molecule has 0 unspecified atom stereocenters. The normalized spacial score (nSPS) is 10.5. The Hall–Kier alpha value is -0.130. The van der Waals surface area contributed by atoms with Crippen LogP contribution < -0.4 is 5.32 Å². The number of hydrogen-bond acceptors (Lipinski definition) is 2. The van der Waals surface area contributed by atoms with Crippen molar-refractivity contribution in [2.75, 3.05) is 6.54 Å². The molecule has 0 bridgehead atoms. The maximum absolute atomic E-state index is 11.2. The fraction of sp³-hybridized carbons (Fsp3) is 0.875. The second-order valence-corrected chi connectivity index (χ2v) is 6.59. The molecule has 4 heteroatoms. The first-order valence-electron chi connectivity index (χ1n) is 8.11. The standard InChI is InChI=1S/C16H30INO2/c1-2-12-16(20)18-14-11-9-7-5-3-4-6-8-10-13-15(17)19/h2-14H2,1H3,(H,18,20). The van der Waals surface area contributed by atoms with Gasteiger partial charge in [-0.2, -0.15) is 0 Å². The minimum atomic E-state index is 0.192. The molecule has 118 valence electrons. The van der Waals surface area contributed by atoms with Crippen LogP contribution in [0.15, 0.2) is 0 Å². The summed E-state index contributed by atoms with van der Waals surface area (Å²) in [7, 11) is 0. The van der Waals surface area contributed by atoms with Crippen molar-refractivity contribution in [3.05, 3.63) is 0 Å². The molecule has 0 atom stereocenters. The summed E-state index contributed by atoms with van der Waals surface area (Å²) in [6, 6.07) is 0. The van der Waals surface area contributed by atoms with Crippen LogP contribution >= 0.6 is 22.6 Å². The van der Waals surface area contributed by atoms with Gasteiger partial charge in [0, 0.05) is 19.4 Å². The minimum Gasteiger partial charge on any atom is -0.356 e. The van der Waals surface area contributed by atoms with Crippen molar-refractivity contribution in [1.29, 1.82) is 0 Å². The van der Waals surface area contributed by atoms with E-state index in [0.717, 1.165) is 32.2 Å². The topological polar surface area (TPSA) is 46.2 Å². The summed E-state index contributed by atoms with van der Waals surface area (Å²) in [5.41, 5.74) is 0. The molecule has 20 heavy (non-hydrogen) atoms. The molecule has 0 aromatic heterocycles. The number of unbranched alkanes of at least 4 members (excludes halogenated alkanes) is 8. The maximum atomic E-state index is 11.2. The third kappa shape index (κ3) is 15.9. The van der Waals surface area contributed by atoms with Crippen LogP contribution in [0, 0.1) is 0 Å². The third-order valence-corrected chi connectivity index (χ3v) is 3.89. The van der Waals surface area contributed by atoms with E-state index in [4.69, 9.17) is 0 Å². The summed E-state index contributed by atoms with van der Waals surface area (Å²) in [4.78, 5) is 22.0. The SMILES string of the molecule is CCCC(=O)NCCCCCCCCCCCC(=O)I. The summed E-state index contributed by atoms with van der Waals surface area (Å²) in [6.07, 6.45) is 13.3. The van der Waals surface area contributed by atoms with Crippen molar-refractivity contribution >= 4 is 32.3 Å². The Morgan fingerprint density at radius 1 is 0.800 bits per heavy atom. The lowest BCUT2D eigenvalue weighted by atomic mass is 10.1. The van der Waals surface area contributed by atoms with Gasteiger partial charge in [-0.1, -0.05) is 51.9 Å². The number of rotatable bonds is 14. The highest BCUT2D eigenvalue weighted by molar-refractivity contribution is 14.1. The molecule has 0 saturated heterocycles. The summed E-state index contributed by atoms with van der Waals surface area (Å²) in [6.45, 7) is 2.86. The van der Waals surface area contributed by atoms with Crippen LogP contribution in [0.2, 0.25) is 0 Å². The molecule has 0 aliphatic rings. The lowest BCUT2D eigenvalue weighted by molar-refractivity contribution is -0.121. The predicted octanol–water partition coefficient (Wildman–Crippen LogP) is 4.77. The molecule has 0 fully saturated rings. The van der Waals surface area contributed by atoms with Crippen molar-refractivity contribution < 1.29 is 9.59 Å². The van der Waals surface area contributed by atoms with Crippen LogP contribution in [0.1, 0.15) is 84.0 Å². The predicted molar refractivity (Wildman–Crippen MR) is 93.1 cm³/mol. The van der Waals surface area contributed by atoms with Gasteiger partial charge in [-0.15, -0.1) is 0 Å². The molecule has 0 spiro atoms. The Labute approximate surface area is 137 Å². The van der Waals surface area contributed by atoms with E-state index in [1.807, 2.05) is 29.5 Å². The molecule has 0 aliphatic heterocycles. The number of amides is 1.